The summed E-state index contributed by atoms with van der Waals surface area (Å²) in [4.78, 5) is 21.2. The van der Waals surface area contributed by atoms with E-state index in [1.807, 2.05) is 30.5 Å². The van der Waals surface area contributed by atoms with Crippen molar-refractivity contribution in [2.75, 3.05) is 17.7 Å². The number of nitrogens with zero attached hydrogens (tertiary/aromatic N) is 3. The number of pyridine rings is 1. The van der Waals surface area contributed by atoms with Gasteiger partial charge < -0.3 is 16.0 Å². The molecule has 1 aliphatic heterocycles. The summed E-state index contributed by atoms with van der Waals surface area (Å²) in [5.41, 5.74) is 4.10. The van der Waals surface area contributed by atoms with Crippen molar-refractivity contribution in [2.45, 2.75) is 19.8 Å². The Morgan fingerprint density at radius 3 is 2.81 bits per heavy atom. The fraction of sp³-hybridized carbons (Fsp3) is 0.211. The lowest BCUT2D eigenvalue weighted by Gasteiger charge is -2.12. The first-order chi connectivity index (χ1) is 12.5. The highest BCUT2D eigenvalue weighted by atomic mass is 16.1. The van der Waals surface area contributed by atoms with Gasteiger partial charge >= 0.3 is 0 Å². The second-order valence-electron chi connectivity index (χ2n) is 6.56. The molecule has 132 valence electrons. The van der Waals surface area contributed by atoms with E-state index < -0.39 is 0 Å². The molecule has 4 rings (SSSR count). The van der Waals surface area contributed by atoms with Crippen LogP contribution in [0.25, 0.3) is 16.7 Å². The van der Waals surface area contributed by atoms with Gasteiger partial charge in [0.15, 0.2) is 5.82 Å². The molecule has 3 heterocycles. The maximum absolute atomic E-state index is 11.9. The predicted octanol–water partition coefficient (Wildman–Crippen LogP) is 3.21. The predicted molar refractivity (Wildman–Crippen MR) is 103 cm³/mol. The molecule has 0 unspecified atom stereocenters. The van der Waals surface area contributed by atoms with Crippen molar-refractivity contribution in [3.63, 3.8) is 0 Å². The summed E-state index contributed by atoms with van der Waals surface area (Å²) in [5, 5.41) is 8.91. The standard InChI is InChI=1S/C19H20N6O/c1-10(2)18-24-14-7-12(19(26)20-4)5-6-16(14)25(18)13-8-15-17(21-9-13)23-11(3)22-15/h5-10,22H,3H2,1-2,4H3,(H,20,26)(H,21,23). The van der Waals surface area contributed by atoms with Crippen LogP contribution in [-0.2, 0) is 0 Å². The molecule has 0 bridgehead atoms. The van der Waals surface area contributed by atoms with Gasteiger partial charge in [-0.15, -0.1) is 0 Å². The van der Waals surface area contributed by atoms with E-state index in [1.54, 1.807) is 7.05 Å². The molecule has 0 atom stereocenters. The monoisotopic (exact) mass is 348 g/mol. The highest BCUT2D eigenvalue weighted by molar-refractivity contribution is 5.97. The van der Waals surface area contributed by atoms with Gasteiger partial charge in [-0.25, -0.2) is 9.97 Å². The van der Waals surface area contributed by atoms with Gasteiger partial charge in [-0.2, -0.15) is 0 Å². The second-order valence-corrected chi connectivity index (χ2v) is 6.56. The van der Waals surface area contributed by atoms with Crippen LogP contribution in [0, 0.1) is 0 Å². The molecule has 3 N–H and O–H groups in total. The normalized spacial score (nSPS) is 12.8. The van der Waals surface area contributed by atoms with Crippen LogP contribution < -0.4 is 16.0 Å². The van der Waals surface area contributed by atoms with Crippen molar-refractivity contribution in [1.82, 2.24) is 19.9 Å². The van der Waals surface area contributed by atoms with Crippen LogP contribution in [0.15, 0.2) is 42.9 Å². The summed E-state index contributed by atoms with van der Waals surface area (Å²) in [6.45, 7) is 8.07. The summed E-state index contributed by atoms with van der Waals surface area (Å²) in [5.74, 6) is 2.47. The molecular weight excluding hydrogens is 328 g/mol. The molecule has 0 spiro atoms. The molecular formula is C19H20N6O. The molecule has 0 fully saturated rings. The number of amides is 1. The molecule has 1 amide bonds. The van der Waals surface area contributed by atoms with Crippen LogP contribution in [0.2, 0.25) is 0 Å². The van der Waals surface area contributed by atoms with E-state index in [0.29, 0.717) is 11.4 Å². The lowest BCUT2D eigenvalue weighted by atomic mass is 10.2. The number of hydrogen-bond acceptors (Lipinski definition) is 5. The number of carbonyl (C=O) groups excluding carboxylic acids is 1. The smallest absolute Gasteiger partial charge is 0.251 e. The van der Waals surface area contributed by atoms with E-state index in [-0.39, 0.29) is 11.8 Å². The average Bonchev–Trinajstić information content (AvgIpc) is 3.19. The molecule has 1 aliphatic rings. The average molecular weight is 348 g/mol. The zero-order valence-corrected chi connectivity index (χ0v) is 14.9. The van der Waals surface area contributed by atoms with E-state index in [2.05, 4.69) is 45.9 Å². The van der Waals surface area contributed by atoms with Crippen molar-refractivity contribution < 1.29 is 4.79 Å². The number of hydrogen-bond donors (Lipinski definition) is 3. The highest BCUT2D eigenvalue weighted by Crippen LogP contribution is 2.32. The van der Waals surface area contributed by atoms with Crippen LogP contribution in [0.1, 0.15) is 35.9 Å². The topological polar surface area (TPSA) is 83.9 Å². The van der Waals surface area contributed by atoms with E-state index >= 15 is 0 Å². The van der Waals surface area contributed by atoms with Crippen molar-refractivity contribution >= 4 is 28.4 Å². The first-order valence-electron chi connectivity index (χ1n) is 8.45. The van der Waals surface area contributed by atoms with Gasteiger partial charge in [0.1, 0.15) is 11.6 Å². The highest BCUT2D eigenvalue weighted by Gasteiger charge is 2.20. The largest absolute Gasteiger partial charge is 0.355 e. The molecule has 0 saturated heterocycles. The third-order valence-corrected chi connectivity index (χ3v) is 4.37. The lowest BCUT2D eigenvalue weighted by molar-refractivity contribution is 0.0963. The maximum Gasteiger partial charge on any atom is 0.251 e. The van der Waals surface area contributed by atoms with Crippen LogP contribution in [0.3, 0.4) is 0 Å². The van der Waals surface area contributed by atoms with Crippen LogP contribution in [0.4, 0.5) is 11.5 Å². The quantitative estimate of drug-likeness (QED) is 0.677. The Hall–Kier alpha value is -3.35. The maximum atomic E-state index is 11.9. The molecule has 1 aromatic carbocycles. The number of carbonyl (C=O) groups is 1. The van der Waals surface area contributed by atoms with Gasteiger partial charge in [0.05, 0.1) is 28.6 Å². The second kappa shape index (κ2) is 5.87. The van der Waals surface area contributed by atoms with E-state index in [1.165, 1.54) is 0 Å². The number of imidazole rings is 1. The van der Waals surface area contributed by atoms with Crippen LogP contribution >= 0.6 is 0 Å². The number of rotatable bonds is 3. The van der Waals surface area contributed by atoms with Crippen LogP contribution in [0.5, 0.6) is 0 Å². The number of fused-ring (bicyclic) bond motifs is 2. The van der Waals surface area contributed by atoms with E-state index in [4.69, 9.17) is 4.98 Å². The minimum Gasteiger partial charge on any atom is -0.355 e. The fourth-order valence-corrected chi connectivity index (χ4v) is 3.15. The summed E-state index contributed by atoms with van der Waals surface area (Å²) in [6, 6.07) is 7.58. The number of benzene rings is 1. The van der Waals surface area contributed by atoms with Crippen molar-refractivity contribution in [3.8, 4) is 5.69 Å². The summed E-state index contributed by atoms with van der Waals surface area (Å²) >= 11 is 0. The zero-order valence-electron chi connectivity index (χ0n) is 14.9. The summed E-state index contributed by atoms with van der Waals surface area (Å²) < 4.78 is 2.09. The van der Waals surface area contributed by atoms with Gasteiger partial charge in [0.25, 0.3) is 5.91 Å². The molecule has 7 nitrogen and oxygen atoms in total. The minimum atomic E-state index is -0.125. The van der Waals surface area contributed by atoms with E-state index in [9.17, 15) is 4.79 Å². The SMILES string of the molecule is C=C1Nc2cc(-n3c(C(C)C)nc4cc(C(=O)NC)ccc43)cnc2N1. The van der Waals surface area contributed by atoms with Crippen LogP contribution in [-0.4, -0.2) is 27.5 Å². The molecule has 0 aliphatic carbocycles. The van der Waals surface area contributed by atoms with Gasteiger partial charge in [0, 0.05) is 18.5 Å². The molecule has 2 aromatic heterocycles. The Bertz CT molecular complexity index is 1050. The number of anilines is 2. The summed E-state index contributed by atoms with van der Waals surface area (Å²) in [6.07, 6.45) is 1.81. The van der Waals surface area contributed by atoms with Crippen molar-refractivity contribution in [1.29, 1.82) is 0 Å². The van der Waals surface area contributed by atoms with Gasteiger partial charge in [-0.3, -0.25) is 9.36 Å². The van der Waals surface area contributed by atoms with Crippen molar-refractivity contribution in [2.24, 2.45) is 0 Å². The Morgan fingerprint density at radius 1 is 1.27 bits per heavy atom. The fourth-order valence-electron chi connectivity index (χ4n) is 3.15. The zero-order chi connectivity index (χ0) is 18.4. The molecule has 7 heteroatoms. The third-order valence-electron chi connectivity index (χ3n) is 4.37. The molecule has 26 heavy (non-hydrogen) atoms. The molecule has 0 saturated carbocycles. The van der Waals surface area contributed by atoms with Gasteiger partial charge in [-0.05, 0) is 24.3 Å². The van der Waals surface area contributed by atoms with Gasteiger partial charge in [-0.1, -0.05) is 20.4 Å². The van der Waals surface area contributed by atoms with Crippen molar-refractivity contribution in [3.05, 3.63) is 54.3 Å². The number of aromatic nitrogens is 3. The Balaban J connectivity index is 1.91. The lowest BCUT2D eigenvalue weighted by Crippen LogP contribution is -2.17. The molecule has 3 aromatic rings. The Labute approximate surface area is 151 Å². The Morgan fingerprint density at radius 2 is 2.08 bits per heavy atom. The van der Waals surface area contributed by atoms with E-state index in [0.717, 1.165) is 34.1 Å². The molecule has 0 radical (unpaired) electrons. The minimum absolute atomic E-state index is 0.125. The first kappa shape index (κ1) is 16.1. The first-order valence-corrected chi connectivity index (χ1v) is 8.45. The third kappa shape index (κ3) is 2.48. The van der Waals surface area contributed by atoms with Gasteiger partial charge in [0.2, 0.25) is 0 Å². The number of nitrogens with one attached hydrogen (secondary N) is 3. The Kier molecular flexibility index (Phi) is 3.64. The summed E-state index contributed by atoms with van der Waals surface area (Å²) in [7, 11) is 1.62.